The second-order valence-electron chi connectivity index (χ2n) is 6.78. The molecule has 2 aromatic carbocycles. The van der Waals surface area contributed by atoms with Crippen LogP contribution in [0.1, 0.15) is 23.2 Å². The highest BCUT2D eigenvalue weighted by atomic mass is 19.1. The fourth-order valence-corrected chi connectivity index (χ4v) is 3.90. The topological polar surface area (TPSA) is 32.3 Å². The molecule has 3 nitrogen and oxygen atoms in total. The molecule has 3 saturated heterocycles. The average molecular weight is 324 g/mol. The average Bonchev–Trinajstić information content (AvgIpc) is 2.63. The van der Waals surface area contributed by atoms with E-state index < -0.39 is 0 Å². The van der Waals surface area contributed by atoms with Crippen LogP contribution >= 0.6 is 0 Å². The van der Waals surface area contributed by atoms with E-state index in [-0.39, 0.29) is 17.8 Å². The maximum Gasteiger partial charge on any atom is 0.251 e. The molecule has 1 unspecified atom stereocenters. The van der Waals surface area contributed by atoms with Crippen LogP contribution in [0.15, 0.2) is 48.5 Å². The van der Waals surface area contributed by atoms with Gasteiger partial charge in [-0.1, -0.05) is 30.3 Å². The lowest BCUT2D eigenvalue weighted by atomic mass is 9.84. The molecule has 4 heteroatoms. The third kappa shape index (κ3) is 2.94. The number of nitrogens with one attached hydrogen (secondary N) is 1. The van der Waals surface area contributed by atoms with Crippen molar-refractivity contribution in [3.63, 3.8) is 0 Å². The van der Waals surface area contributed by atoms with Gasteiger partial charge in [-0.05, 0) is 55.6 Å². The van der Waals surface area contributed by atoms with Crippen LogP contribution in [-0.2, 0) is 0 Å². The lowest BCUT2D eigenvalue weighted by Gasteiger charge is -2.44. The minimum Gasteiger partial charge on any atom is -0.348 e. The number of amides is 1. The Labute approximate surface area is 141 Å². The van der Waals surface area contributed by atoms with E-state index in [0.29, 0.717) is 17.0 Å². The third-order valence-electron chi connectivity index (χ3n) is 5.28. The summed E-state index contributed by atoms with van der Waals surface area (Å²) < 4.78 is 14.0. The van der Waals surface area contributed by atoms with E-state index in [1.54, 1.807) is 30.3 Å². The predicted molar refractivity (Wildman–Crippen MR) is 92.3 cm³/mol. The van der Waals surface area contributed by atoms with Gasteiger partial charge in [-0.2, -0.15) is 0 Å². The Hall–Kier alpha value is -2.20. The molecule has 0 radical (unpaired) electrons. The van der Waals surface area contributed by atoms with Gasteiger partial charge in [0.2, 0.25) is 0 Å². The maximum absolute atomic E-state index is 14.0. The molecule has 124 valence electrons. The molecule has 0 saturated carbocycles. The molecule has 3 fully saturated rings. The van der Waals surface area contributed by atoms with Crippen molar-refractivity contribution in [2.75, 3.05) is 19.6 Å². The second-order valence-corrected chi connectivity index (χ2v) is 6.78. The van der Waals surface area contributed by atoms with Crippen LogP contribution in [-0.4, -0.2) is 36.5 Å². The summed E-state index contributed by atoms with van der Waals surface area (Å²) in [4.78, 5) is 15.1. The van der Waals surface area contributed by atoms with Gasteiger partial charge in [0.15, 0.2) is 0 Å². The smallest absolute Gasteiger partial charge is 0.251 e. The Morgan fingerprint density at radius 3 is 2.58 bits per heavy atom. The molecule has 3 aliphatic heterocycles. The van der Waals surface area contributed by atoms with Crippen LogP contribution in [0.3, 0.4) is 0 Å². The van der Waals surface area contributed by atoms with E-state index in [9.17, 15) is 9.18 Å². The number of nitrogens with zero attached hydrogens (tertiary/aromatic N) is 1. The van der Waals surface area contributed by atoms with Gasteiger partial charge in [0.25, 0.3) is 5.91 Å². The number of halogens is 1. The number of benzene rings is 2. The molecule has 24 heavy (non-hydrogen) atoms. The van der Waals surface area contributed by atoms with Crippen molar-refractivity contribution >= 4 is 5.91 Å². The fourth-order valence-electron chi connectivity index (χ4n) is 3.90. The molecule has 3 aliphatic rings. The summed E-state index contributed by atoms with van der Waals surface area (Å²) in [6.07, 6.45) is 2.33. The van der Waals surface area contributed by atoms with E-state index in [1.807, 2.05) is 12.1 Å². The lowest BCUT2D eigenvalue weighted by molar-refractivity contribution is 0.0620. The summed E-state index contributed by atoms with van der Waals surface area (Å²) in [6.45, 7) is 3.25. The van der Waals surface area contributed by atoms with Crippen LogP contribution in [0.25, 0.3) is 11.1 Å². The van der Waals surface area contributed by atoms with Gasteiger partial charge in [-0.25, -0.2) is 4.39 Å². The molecule has 5 rings (SSSR count). The van der Waals surface area contributed by atoms with Crippen molar-refractivity contribution in [1.82, 2.24) is 10.2 Å². The minimum absolute atomic E-state index is 0.0630. The number of fused-ring (bicyclic) bond motifs is 3. The first kappa shape index (κ1) is 15.3. The van der Waals surface area contributed by atoms with Crippen LogP contribution in [0.4, 0.5) is 4.39 Å². The largest absolute Gasteiger partial charge is 0.348 e. The zero-order chi connectivity index (χ0) is 16.5. The molecular formula is C20H21FN2O. The van der Waals surface area contributed by atoms with Crippen molar-refractivity contribution in [2.45, 2.75) is 18.9 Å². The normalized spacial score (nSPS) is 25.5. The first-order valence-corrected chi connectivity index (χ1v) is 8.59. The molecule has 0 spiro atoms. The lowest BCUT2D eigenvalue weighted by Crippen LogP contribution is -2.57. The Kier molecular flexibility index (Phi) is 4.07. The molecule has 2 bridgehead atoms. The number of piperidine rings is 3. The van der Waals surface area contributed by atoms with Crippen molar-refractivity contribution < 1.29 is 9.18 Å². The van der Waals surface area contributed by atoms with Crippen molar-refractivity contribution in [3.8, 4) is 11.1 Å². The monoisotopic (exact) mass is 324 g/mol. The quantitative estimate of drug-likeness (QED) is 0.939. The van der Waals surface area contributed by atoms with Crippen LogP contribution in [0, 0.1) is 11.7 Å². The van der Waals surface area contributed by atoms with Crippen LogP contribution in [0.5, 0.6) is 0 Å². The Bertz CT molecular complexity index is 753. The van der Waals surface area contributed by atoms with E-state index in [4.69, 9.17) is 0 Å². The molecule has 0 aliphatic carbocycles. The molecule has 1 N–H and O–H groups in total. The maximum atomic E-state index is 14.0. The zero-order valence-electron chi connectivity index (χ0n) is 13.5. The molecule has 3 heterocycles. The number of carbonyl (C=O) groups is 1. The summed E-state index contributed by atoms with van der Waals surface area (Å²) in [5.41, 5.74) is 1.84. The van der Waals surface area contributed by atoms with Gasteiger partial charge in [-0.15, -0.1) is 0 Å². The Morgan fingerprint density at radius 2 is 1.88 bits per heavy atom. The van der Waals surface area contributed by atoms with E-state index in [1.165, 1.54) is 18.9 Å². The number of hydrogen-bond acceptors (Lipinski definition) is 2. The molecule has 1 atom stereocenters. The number of carbonyl (C=O) groups excluding carboxylic acids is 1. The highest BCUT2D eigenvalue weighted by molar-refractivity contribution is 5.95. The molecule has 2 aromatic rings. The minimum atomic E-state index is -0.271. The number of hydrogen-bond donors (Lipinski definition) is 1. The Balaban J connectivity index is 1.53. The van der Waals surface area contributed by atoms with Gasteiger partial charge in [0, 0.05) is 23.7 Å². The second kappa shape index (κ2) is 6.36. The van der Waals surface area contributed by atoms with Crippen molar-refractivity contribution in [3.05, 3.63) is 59.9 Å². The highest BCUT2D eigenvalue weighted by Crippen LogP contribution is 2.28. The Morgan fingerprint density at radius 1 is 1.08 bits per heavy atom. The van der Waals surface area contributed by atoms with Gasteiger partial charge in [0.1, 0.15) is 5.82 Å². The van der Waals surface area contributed by atoms with Gasteiger partial charge >= 0.3 is 0 Å². The van der Waals surface area contributed by atoms with Gasteiger partial charge in [-0.3, -0.25) is 4.79 Å². The molecule has 1 amide bonds. The first-order chi connectivity index (χ1) is 11.7. The zero-order valence-corrected chi connectivity index (χ0v) is 13.5. The first-order valence-electron chi connectivity index (χ1n) is 8.59. The summed E-state index contributed by atoms with van der Waals surface area (Å²) in [7, 11) is 0. The fraction of sp³-hybridized carbons (Fsp3) is 0.350. The third-order valence-corrected chi connectivity index (χ3v) is 5.28. The van der Waals surface area contributed by atoms with E-state index >= 15 is 0 Å². The van der Waals surface area contributed by atoms with E-state index in [0.717, 1.165) is 25.2 Å². The van der Waals surface area contributed by atoms with Crippen molar-refractivity contribution in [1.29, 1.82) is 0 Å². The van der Waals surface area contributed by atoms with Crippen molar-refractivity contribution in [2.24, 2.45) is 5.92 Å². The predicted octanol–water partition coefficient (Wildman–Crippen LogP) is 3.32. The van der Waals surface area contributed by atoms with Crippen LogP contribution in [0.2, 0.25) is 0 Å². The van der Waals surface area contributed by atoms with Gasteiger partial charge in [0.05, 0.1) is 0 Å². The van der Waals surface area contributed by atoms with Crippen LogP contribution < -0.4 is 5.32 Å². The van der Waals surface area contributed by atoms with Gasteiger partial charge < -0.3 is 10.2 Å². The summed E-state index contributed by atoms with van der Waals surface area (Å²) in [6, 6.07) is 14.1. The standard InChI is InChI=1S/C20H21FN2O/c21-18-7-2-1-6-17(18)15-4-3-5-16(12-15)20(24)22-19-13-23-10-8-14(19)9-11-23/h1-7,12,14,19H,8-11,13H2,(H,22,24). The summed E-state index contributed by atoms with van der Waals surface area (Å²) in [5.74, 6) is 0.257. The van der Waals surface area contributed by atoms with E-state index in [2.05, 4.69) is 10.2 Å². The summed E-state index contributed by atoms with van der Waals surface area (Å²) >= 11 is 0. The SMILES string of the molecule is O=C(NC1CN2CCC1CC2)c1cccc(-c2ccccc2F)c1. The number of rotatable bonds is 3. The molecule has 0 aromatic heterocycles. The molecular weight excluding hydrogens is 303 g/mol. The summed E-state index contributed by atoms with van der Waals surface area (Å²) in [5, 5.41) is 3.19. The highest BCUT2D eigenvalue weighted by Gasteiger charge is 2.34.